The van der Waals surface area contributed by atoms with Gasteiger partial charge in [0.15, 0.2) is 0 Å². The largest absolute Gasteiger partial charge is 0.481 e. The van der Waals surface area contributed by atoms with Crippen molar-refractivity contribution in [2.45, 2.75) is 18.8 Å². The molecule has 2 aromatic carbocycles. The smallest absolute Gasteiger partial charge is 0.314 e. The van der Waals surface area contributed by atoms with E-state index in [2.05, 4.69) is 6.07 Å². The van der Waals surface area contributed by atoms with Crippen molar-refractivity contribution in [3.8, 4) is 6.07 Å². The molecule has 0 aromatic heterocycles. The average Bonchev–Trinajstić information content (AvgIpc) is 2.48. The summed E-state index contributed by atoms with van der Waals surface area (Å²) in [6, 6.07) is 18.4. The maximum absolute atomic E-state index is 11.8. The molecule has 3 heteroatoms. The van der Waals surface area contributed by atoms with Gasteiger partial charge in [-0.05, 0) is 30.5 Å². The Hall–Kier alpha value is -2.60. The van der Waals surface area contributed by atoms with Gasteiger partial charge < -0.3 is 5.11 Å². The lowest BCUT2D eigenvalue weighted by Gasteiger charge is -2.26. The van der Waals surface area contributed by atoms with E-state index < -0.39 is 11.4 Å². The highest BCUT2D eigenvalue weighted by atomic mass is 16.4. The molecule has 0 saturated carbocycles. The highest BCUT2D eigenvalue weighted by Gasteiger charge is 2.37. The minimum Gasteiger partial charge on any atom is -0.481 e. The molecular formula is C17H15NO2. The van der Waals surface area contributed by atoms with E-state index >= 15 is 0 Å². The zero-order valence-electron chi connectivity index (χ0n) is 11.2. The number of benzene rings is 2. The Bertz CT molecular complexity index is 658. The number of hydrogen-bond acceptors (Lipinski definition) is 2. The van der Waals surface area contributed by atoms with Crippen LogP contribution >= 0.6 is 0 Å². The van der Waals surface area contributed by atoms with Gasteiger partial charge in [0.25, 0.3) is 0 Å². The minimum absolute atomic E-state index is 0.349. The van der Waals surface area contributed by atoms with Crippen LogP contribution in [0.5, 0.6) is 0 Å². The van der Waals surface area contributed by atoms with Gasteiger partial charge in [0.2, 0.25) is 0 Å². The Balaban J connectivity index is 2.50. The van der Waals surface area contributed by atoms with Gasteiger partial charge >= 0.3 is 5.97 Å². The van der Waals surface area contributed by atoms with Crippen LogP contribution in [-0.2, 0) is 16.6 Å². The van der Waals surface area contributed by atoms with E-state index in [9.17, 15) is 15.2 Å². The number of hydrogen-bond donors (Lipinski definition) is 1. The molecular weight excluding hydrogens is 250 g/mol. The van der Waals surface area contributed by atoms with Crippen LogP contribution in [0, 0.1) is 11.3 Å². The quantitative estimate of drug-likeness (QED) is 0.923. The molecule has 20 heavy (non-hydrogen) atoms. The lowest BCUT2D eigenvalue weighted by molar-refractivity contribution is -0.143. The van der Waals surface area contributed by atoms with Crippen LogP contribution in [0.25, 0.3) is 0 Å². The summed E-state index contributed by atoms with van der Waals surface area (Å²) in [6.45, 7) is 1.67. The molecule has 1 unspecified atom stereocenters. The van der Waals surface area contributed by atoms with Crippen LogP contribution in [0.3, 0.4) is 0 Å². The molecule has 0 heterocycles. The second-order valence-corrected chi connectivity index (χ2v) is 4.96. The molecule has 3 nitrogen and oxygen atoms in total. The van der Waals surface area contributed by atoms with E-state index in [4.69, 9.17) is 0 Å². The Morgan fingerprint density at radius 1 is 1.15 bits per heavy atom. The van der Waals surface area contributed by atoms with E-state index in [0.29, 0.717) is 17.5 Å². The van der Waals surface area contributed by atoms with Crippen molar-refractivity contribution in [1.29, 1.82) is 5.26 Å². The predicted molar refractivity (Wildman–Crippen MR) is 76.3 cm³/mol. The van der Waals surface area contributed by atoms with E-state index in [1.165, 1.54) is 0 Å². The highest BCUT2D eigenvalue weighted by Crippen LogP contribution is 2.31. The first kappa shape index (κ1) is 13.8. The number of carboxylic acids is 1. The molecule has 0 radical (unpaired) electrons. The van der Waals surface area contributed by atoms with Gasteiger partial charge in [-0.1, -0.05) is 48.5 Å². The molecule has 0 spiro atoms. The number of nitrogens with zero attached hydrogens (tertiary/aromatic N) is 1. The molecule has 0 bridgehead atoms. The molecule has 100 valence electrons. The van der Waals surface area contributed by atoms with Crippen LogP contribution in [0.4, 0.5) is 0 Å². The van der Waals surface area contributed by atoms with Gasteiger partial charge in [-0.3, -0.25) is 4.79 Å². The van der Waals surface area contributed by atoms with Gasteiger partial charge in [0, 0.05) is 0 Å². The summed E-state index contributed by atoms with van der Waals surface area (Å²) in [6.07, 6.45) is 0.349. The van der Waals surface area contributed by atoms with E-state index in [-0.39, 0.29) is 0 Å². The third-order valence-electron chi connectivity index (χ3n) is 3.51. The first-order chi connectivity index (χ1) is 9.58. The molecule has 2 aromatic rings. The number of carbonyl (C=O) groups is 1. The summed E-state index contributed by atoms with van der Waals surface area (Å²) in [5.41, 5.74) is 0.783. The fourth-order valence-electron chi connectivity index (χ4n) is 2.35. The maximum atomic E-state index is 11.8. The Morgan fingerprint density at radius 3 is 2.35 bits per heavy atom. The van der Waals surface area contributed by atoms with Crippen molar-refractivity contribution in [2.24, 2.45) is 0 Å². The van der Waals surface area contributed by atoms with Crippen molar-refractivity contribution in [3.63, 3.8) is 0 Å². The highest BCUT2D eigenvalue weighted by molar-refractivity contribution is 5.82. The molecule has 0 aliphatic rings. The van der Waals surface area contributed by atoms with E-state index in [1.54, 1.807) is 31.2 Å². The topological polar surface area (TPSA) is 61.1 Å². The minimum atomic E-state index is -1.12. The van der Waals surface area contributed by atoms with Gasteiger partial charge in [0.1, 0.15) is 0 Å². The van der Waals surface area contributed by atoms with Gasteiger partial charge in [-0.2, -0.15) is 5.26 Å². The fraction of sp³-hybridized carbons (Fsp3) is 0.176. The zero-order chi connectivity index (χ0) is 14.6. The van der Waals surface area contributed by atoms with Crippen LogP contribution in [0.1, 0.15) is 23.6 Å². The number of nitriles is 1. The molecule has 0 aliphatic heterocycles. The van der Waals surface area contributed by atoms with Crippen molar-refractivity contribution in [1.82, 2.24) is 0 Å². The normalized spacial score (nSPS) is 13.2. The third kappa shape index (κ3) is 2.55. The summed E-state index contributed by atoms with van der Waals surface area (Å²) in [7, 11) is 0. The van der Waals surface area contributed by atoms with Gasteiger partial charge in [0.05, 0.1) is 17.0 Å². The number of aliphatic carboxylic acids is 1. The SMILES string of the molecule is CC(Cc1ccccc1)(C(=O)O)c1ccccc1C#N. The van der Waals surface area contributed by atoms with Gasteiger partial charge in [-0.25, -0.2) is 0 Å². The Labute approximate surface area is 118 Å². The second-order valence-electron chi connectivity index (χ2n) is 4.96. The standard InChI is InChI=1S/C17H15NO2/c1-17(16(19)20,11-13-7-3-2-4-8-13)15-10-6-5-9-14(15)12-18/h2-10H,11H2,1H3,(H,19,20). The molecule has 0 saturated heterocycles. The Kier molecular flexibility index (Phi) is 3.86. The molecule has 0 fully saturated rings. The second kappa shape index (κ2) is 5.58. The average molecular weight is 265 g/mol. The third-order valence-corrected chi connectivity index (χ3v) is 3.51. The van der Waals surface area contributed by atoms with Crippen molar-refractivity contribution in [2.75, 3.05) is 0 Å². The summed E-state index contributed by atoms with van der Waals surface area (Å²) >= 11 is 0. The van der Waals surface area contributed by atoms with E-state index in [1.807, 2.05) is 30.3 Å². The van der Waals surface area contributed by atoms with Crippen LogP contribution < -0.4 is 0 Å². The molecule has 0 amide bonds. The van der Waals surface area contributed by atoms with Crippen molar-refractivity contribution < 1.29 is 9.90 Å². The monoisotopic (exact) mass is 265 g/mol. The van der Waals surface area contributed by atoms with Crippen molar-refractivity contribution >= 4 is 5.97 Å². The fourth-order valence-corrected chi connectivity index (χ4v) is 2.35. The predicted octanol–water partition coefficient (Wildman–Crippen LogP) is 3.14. The van der Waals surface area contributed by atoms with Crippen LogP contribution in [0.2, 0.25) is 0 Å². The number of carboxylic acid groups (broad SMARTS) is 1. The lowest BCUT2D eigenvalue weighted by Crippen LogP contribution is -2.35. The first-order valence-electron chi connectivity index (χ1n) is 6.35. The lowest BCUT2D eigenvalue weighted by atomic mass is 9.75. The Morgan fingerprint density at radius 2 is 1.75 bits per heavy atom. The summed E-state index contributed by atoms with van der Waals surface area (Å²) in [5, 5.41) is 18.8. The molecule has 1 N–H and O–H groups in total. The van der Waals surface area contributed by atoms with Crippen LogP contribution in [0.15, 0.2) is 54.6 Å². The van der Waals surface area contributed by atoms with Crippen LogP contribution in [-0.4, -0.2) is 11.1 Å². The molecule has 0 aliphatic carbocycles. The zero-order valence-corrected chi connectivity index (χ0v) is 11.2. The molecule has 1 atom stereocenters. The first-order valence-corrected chi connectivity index (χ1v) is 6.35. The maximum Gasteiger partial charge on any atom is 0.314 e. The molecule has 2 rings (SSSR count). The number of rotatable bonds is 4. The van der Waals surface area contributed by atoms with Gasteiger partial charge in [-0.15, -0.1) is 0 Å². The van der Waals surface area contributed by atoms with Crippen molar-refractivity contribution in [3.05, 3.63) is 71.3 Å². The summed E-state index contributed by atoms with van der Waals surface area (Å²) in [5.74, 6) is -0.927. The summed E-state index contributed by atoms with van der Waals surface area (Å²) in [4.78, 5) is 11.8. The summed E-state index contributed by atoms with van der Waals surface area (Å²) < 4.78 is 0. The van der Waals surface area contributed by atoms with E-state index in [0.717, 1.165) is 5.56 Å².